The van der Waals surface area contributed by atoms with Gasteiger partial charge in [-0.1, -0.05) is 6.07 Å². The number of ether oxygens (including phenoxy) is 2. The number of thiophene rings is 1. The van der Waals surface area contributed by atoms with Crippen molar-refractivity contribution in [2.24, 2.45) is 0 Å². The minimum absolute atomic E-state index is 0.0837. The predicted molar refractivity (Wildman–Crippen MR) is 93.9 cm³/mol. The third-order valence-electron chi connectivity index (χ3n) is 4.83. The maximum Gasteiger partial charge on any atom is 0.223 e. The Balaban J connectivity index is 1.50. The fraction of sp³-hybridized carbons (Fsp3) is 0.421. The first kappa shape index (κ1) is 15.5. The molecule has 1 amide bonds. The SMILES string of the molecule is CC1c2cc3c(cc2CCN1C(=O)CCc1cccs1)OCCO3. The minimum Gasteiger partial charge on any atom is -0.486 e. The van der Waals surface area contributed by atoms with Gasteiger partial charge in [-0.15, -0.1) is 11.3 Å². The third-order valence-corrected chi connectivity index (χ3v) is 5.77. The molecule has 0 bridgehead atoms. The maximum absolute atomic E-state index is 12.7. The lowest BCUT2D eigenvalue weighted by atomic mass is 9.92. The fourth-order valence-corrected chi connectivity index (χ4v) is 4.23. The molecule has 2 aliphatic heterocycles. The second-order valence-electron chi connectivity index (χ2n) is 6.29. The Bertz CT molecular complexity index is 741. The lowest BCUT2D eigenvalue weighted by molar-refractivity contribution is -0.133. The van der Waals surface area contributed by atoms with Gasteiger partial charge in [-0.25, -0.2) is 0 Å². The summed E-state index contributed by atoms with van der Waals surface area (Å²) in [7, 11) is 0. The maximum atomic E-state index is 12.7. The summed E-state index contributed by atoms with van der Waals surface area (Å²) in [5, 5.41) is 2.06. The Labute approximate surface area is 146 Å². The van der Waals surface area contributed by atoms with E-state index in [1.807, 2.05) is 11.0 Å². The van der Waals surface area contributed by atoms with Crippen molar-refractivity contribution in [1.29, 1.82) is 0 Å². The predicted octanol–water partition coefficient (Wildman–Crippen LogP) is 3.60. The molecule has 0 fully saturated rings. The summed E-state index contributed by atoms with van der Waals surface area (Å²) < 4.78 is 11.4. The zero-order chi connectivity index (χ0) is 16.5. The smallest absolute Gasteiger partial charge is 0.223 e. The average molecular weight is 343 g/mol. The number of hydrogen-bond acceptors (Lipinski definition) is 4. The Kier molecular flexibility index (Phi) is 4.19. The molecule has 5 heteroatoms. The fourth-order valence-electron chi connectivity index (χ4n) is 3.52. The normalized spacial score (nSPS) is 19.0. The van der Waals surface area contributed by atoms with Crippen LogP contribution in [0, 0.1) is 0 Å². The van der Waals surface area contributed by atoms with Crippen molar-refractivity contribution in [3.8, 4) is 11.5 Å². The number of aryl methyl sites for hydroxylation is 1. The molecule has 3 heterocycles. The highest BCUT2D eigenvalue weighted by Gasteiger charge is 2.29. The van der Waals surface area contributed by atoms with E-state index in [0.717, 1.165) is 30.9 Å². The molecule has 4 rings (SSSR count). The molecule has 2 aromatic rings. The number of benzene rings is 1. The van der Waals surface area contributed by atoms with E-state index in [1.165, 1.54) is 16.0 Å². The van der Waals surface area contributed by atoms with E-state index in [0.29, 0.717) is 19.6 Å². The molecule has 0 saturated heterocycles. The zero-order valence-corrected chi connectivity index (χ0v) is 14.6. The van der Waals surface area contributed by atoms with Gasteiger partial charge in [0.15, 0.2) is 11.5 Å². The van der Waals surface area contributed by atoms with Gasteiger partial charge in [0, 0.05) is 17.8 Å². The van der Waals surface area contributed by atoms with E-state index in [2.05, 4.69) is 30.5 Å². The molecule has 24 heavy (non-hydrogen) atoms. The number of hydrogen-bond donors (Lipinski definition) is 0. The topological polar surface area (TPSA) is 38.8 Å². The number of fused-ring (bicyclic) bond motifs is 2. The number of carbonyl (C=O) groups excluding carboxylic acids is 1. The first-order chi connectivity index (χ1) is 11.7. The van der Waals surface area contributed by atoms with Crippen LogP contribution in [0.2, 0.25) is 0 Å². The summed E-state index contributed by atoms with van der Waals surface area (Å²) in [6.07, 6.45) is 2.28. The number of nitrogens with zero attached hydrogens (tertiary/aromatic N) is 1. The van der Waals surface area contributed by atoms with Crippen LogP contribution < -0.4 is 9.47 Å². The van der Waals surface area contributed by atoms with Gasteiger partial charge in [0.25, 0.3) is 0 Å². The summed E-state index contributed by atoms with van der Waals surface area (Å²) in [4.78, 5) is 16.0. The first-order valence-electron chi connectivity index (χ1n) is 8.46. The first-order valence-corrected chi connectivity index (χ1v) is 9.34. The van der Waals surface area contributed by atoms with Crippen molar-refractivity contribution in [1.82, 2.24) is 4.90 Å². The second kappa shape index (κ2) is 6.48. The summed E-state index contributed by atoms with van der Waals surface area (Å²) >= 11 is 1.72. The van der Waals surface area contributed by atoms with Crippen LogP contribution in [-0.2, 0) is 17.6 Å². The molecule has 1 aromatic carbocycles. The molecule has 1 unspecified atom stereocenters. The Morgan fingerprint density at radius 1 is 1.29 bits per heavy atom. The van der Waals surface area contributed by atoms with Crippen molar-refractivity contribution in [2.75, 3.05) is 19.8 Å². The van der Waals surface area contributed by atoms with Crippen LogP contribution in [0.4, 0.5) is 0 Å². The molecule has 0 radical (unpaired) electrons. The third kappa shape index (κ3) is 2.88. The van der Waals surface area contributed by atoms with E-state index < -0.39 is 0 Å². The Morgan fingerprint density at radius 2 is 2.08 bits per heavy atom. The second-order valence-corrected chi connectivity index (χ2v) is 7.32. The summed E-state index contributed by atoms with van der Waals surface area (Å²) in [5.74, 6) is 1.88. The summed E-state index contributed by atoms with van der Waals surface area (Å²) in [6.45, 7) is 4.08. The van der Waals surface area contributed by atoms with Crippen LogP contribution in [0.15, 0.2) is 29.6 Å². The van der Waals surface area contributed by atoms with Crippen molar-refractivity contribution in [3.63, 3.8) is 0 Å². The molecule has 2 aliphatic rings. The highest BCUT2D eigenvalue weighted by Crippen LogP contribution is 2.39. The molecule has 1 atom stereocenters. The van der Waals surface area contributed by atoms with E-state index in [4.69, 9.17) is 9.47 Å². The van der Waals surface area contributed by atoms with Crippen LogP contribution in [0.25, 0.3) is 0 Å². The van der Waals surface area contributed by atoms with Gasteiger partial charge in [0.05, 0.1) is 6.04 Å². The molecular weight excluding hydrogens is 322 g/mol. The lowest BCUT2D eigenvalue weighted by Gasteiger charge is -2.36. The standard InChI is InChI=1S/C19H21NO3S/c1-13-16-12-18-17(22-8-9-23-18)11-14(16)6-7-20(13)19(21)5-4-15-3-2-10-24-15/h2-3,10-13H,4-9H2,1H3. The molecule has 0 saturated carbocycles. The van der Waals surface area contributed by atoms with Gasteiger partial charge >= 0.3 is 0 Å². The molecule has 1 aromatic heterocycles. The van der Waals surface area contributed by atoms with E-state index in [1.54, 1.807) is 11.3 Å². The number of amides is 1. The van der Waals surface area contributed by atoms with Gasteiger partial charge in [-0.3, -0.25) is 4.79 Å². The lowest BCUT2D eigenvalue weighted by Crippen LogP contribution is -2.39. The molecule has 4 nitrogen and oxygen atoms in total. The largest absolute Gasteiger partial charge is 0.486 e. The van der Waals surface area contributed by atoms with E-state index in [9.17, 15) is 4.79 Å². The zero-order valence-electron chi connectivity index (χ0n) is 13.8. The number of rotatable bonds is 3. The summed E-state index contributed by atoms with van der Waals surface area (Å²) in [5.41, 5.74) is 2.46. The van der Waals surface area contributed by atoms with Crippen molar-refractivity contribution < 1.29 is 14.3 Å². The van der Waals surface area contributed by atoms with Crippen molar-refractivity contribution in [2.45, 2.75) is 32.2 Å². The summed E-state index contributed by atoms with van der Waals surface area (Å²) in [6, 6.07) is 8.37. The van der Waals surface area contributed by atoms with Gasteiger partial charge in [0.2, 0.25) is 5.91 Å². The highest BCUT2D eigenvalue weighted by atomic mass is 32.1. The minimum atomic E-state index is 0.0837. The van der Waals surface area contributed by atoms with Gasteiger partial charge in [-0.05, 0) is 54.5 Å². The molecule has 126 valence electrons. The van der Waals surface area contributed by atoms with Crippen molar-refractivity contribution in [3.05, 3.63) is 45.6 Å². The average Bonchev–Trinajstić information content (AvgIpc) is 3.12. The van der Waals surface area contributed by atoms with Crippen LogP contribution in [0.5, 0.6) is 11.5 Å². The van der Waals surface area contributed by atoms with Crippen LogP contribution in [0.3, 0.4) is 0 Å². The van der Waals surface area contributed by atoms with Gasteiger partial charge < -0.3 is 14.4 Å². The number of carbonyl (C=O) groups is 1. The Morgan fingerprint density at radius 3 is 2.83 bits per heavy atom. The molecule has 0 spiro atoms. The molecule has 0 N–H and O–H groups in total. The molecule has 0 aliphatic carbocycles. The van der Waals surface area contributed by atoms with E-state index >= 15 is 0 Å². The Hall–Kier alpha value is -2.01. The quantitative estimate of drug-likeness (QED) is 0.855. The molecular formula is C19H21NO3S. The highest BCUT2D eigenvalue weighted by molar-refractivity contribution is 7.09. The van der Waals surface area contributed by atoms with Crippen LogP contribution in [0.1, 0.15) is 35.4 Å². The van der Waals surface area contributed by atoms with Gasteiger partial charge in [0.1, 0.15) is 13.2 Å². The monoisotopic (exact) mass is 343 g/mol. The van der Waals surface area contributed by atoms with Gasteiger partial charge in [-0.2, -0.15) is 0 Å². The van der Waals surface area contributed by atoms with E-state index in [-0.39, 0.29) is 11.9 Å². The van der Waals surface area contributed by atoms with Crippen LogP contribution >= 0.6 is 11.3 Å². The van der Waals surface area contributed by atoms with Crippen LogP contribution in [-0.4, -0.2) is 30.6 Å². The van der Waals surface area contributed by atoms with Crippen molar-refractivity contribution >= 4 is 17.2 Å².